The highest BCUT2D eigenvalue weighted by atomic mass is 16.4. The molecule has 176 valence electrons. The average molecular weight is 451 g/mol. The monoisotopic (exact) mass is 451 g/mol. The molecule has 1 rings (SSSR count). The summed E-state index contributed by atoms with van der Waals surface area (Å²) in [4.78, 5) is 59.1. The summed E-state index contributed by atoms with van der Waals surface area (Å²) >= 11 is 0. The molecule has 32 heavy (non-hydrogen) atoms. The highest BCUT2D eigenvalue weighted by Gasteiger charge is 2.31. The molecule has 1 aromatic rings. The van der Waals surface area contributed by atoms with Gasteiger partial charge in [-0.1, -0.05) is 30.3 Å². The van der Waals surface area contributed by atoms with Crippen LogP contribution < -0.4 is 27.4 Å². The quantitative estimate of drug-likeness (QED) is 0.168. The van der Waals surface area contributed by atoms with Crippen molar-refractivity contribution in [3.8, 4) is 0 Å². The average Bonchev–Trinajstić information content (AvgIpc) is 2.73. The number of aliphatic carboxylic acids is 1. The van der Waals surface area contributed by atoms with Gasteiger partial charge in [0.05, 0.1) is 12.1 Å². The number of nitrogens with one attached hydrogen (secondary N) is 3. The Morgan fingerprint density at radius 3 is 2.16 bits per heavy atom. The smallest absolute Gasteiger partial charge is 0.322 e. The van der Waals surface area contributed by atoms with E-state index in [0.29, 0.717) is 5.56 Å². The summed E-state index contributed by atoms with van der Waals surface area (Å²) in [5.74, 6) is -4.32. The second-order valence-electron chi connectivity index (χ2n) is 7.20. The second-order valence-corrected chi connectivity index (χ2v) is 7.20. The van der Waals surface area contributed by atoms with Gasteiger partial charge in [0, 0.05) is 12.8 Å². The van der Waals surface area contributed by atoms with Crippen molar-refractivity contribution in [1.82, 2.24) is 16.0 Å². The van der Waals surface area contributed by atoms with Crippen LogP contribution in [0.3, 0.4) is 0 Å². The van der Waals surface area contributed by atoms with Crippen LogP contribution in [0.5, 0.6) is 0 Å². The maximum Gasteiger partial charge on any atom is 0.322 e. The molecule has 0 aliphatic carbocycles. The van der Waals surface area contributed by atoms with Gasteiger partial charge in [-0.15, -0.1) is 0 Å². The third-order valence-corrected chi connectivity index (χ3v) is 4.43. The van der Waals surface area contributed by atoms with Crippen LogP contribution in [0.4, 0.5) is 0 Å². The fourth-order valence-electron chi connectivity index (χ4n) is 2.70. The van der Waals surface area contributed by atoms with E-state index in [2.05, 4.69) is 16.0 Å². The van der Waals surface area contributed by atoms with Crippen LogP contribution in [-0.2, 0) is 30.4 Å². The Morgan fingerprint density at radius 2 is 1.62 bits per heavy atom. The van der Waals surface area contributed by atoms with Gasteiger partial charge in [-0.05, 0) is 18.9 Å². The van der Waals surface area contributed by atoms with Gasteiger partial charge in [0.2, 0.25) is 23.6 Å². The fourth-order valence-corrected chi connectivity index (χ4v) is 2.70. The number of carbonyl (C=O) groups is 5. The Balaban J connectivity index is 2.97. The van der Waals surface area contributed by atoms with Crippen molar-refractivity contribution in [3.05, 3.63) is 35.9 Å². The van der Waals surface area contributed by atoms with Crippen molar-refractivity contribution < 1.29 is 34.2 Å². The van der Waals surface area contributed by atoms with E-state index in [1.54, 1.807) is 30.3 Å². The Morgan fingerprint density at radius 1 is 1.00 bits per heavy atom. The lowest BCUT2D eigenvalue weighted by Gasteiger charge is -2.25. The van der Waals surface area contributed by atoms with Crippen LogP contribution in [0.2, 0.25) is 0 Å². The molecular weight excluding hydrogens is 422 g/mol. The molecular formula is C20H29N5O7. The number of aliphatic hydroxyl groups excluding tert-OH is 1. The van der Waals surface area contributed by atoms with Crippen molar-refractivity contribution in [2.75, 3.05) is 6.54 Å². The van der Waals surface area contributed by atoms with E-state index in [4.69, 9.17) is 16.6 Å². The summed E-state index contributed by atoms with van der Waals surface area (Å²) in [6, 6.07) is 4.98. The molecule has 0 radical (unpaired) electrons. The first-order chi connectivity index (χ1) is 15.0. The molecule has 0 bridgehead atoms. The molecule has 4 atom stereocenters. The minimum Gasteiger partial charge on any atom is -0.480 e. The van der Waals surface area contributed by atoms with Crippen LogP contribution in [0.1, 0.15) is 25.3 Å². The standard InChI is InChI=1S/C20H29N5O7/c1-11(26)17(20(32)23-10-16(28)29)25-19(31)14(9-12-5-3-2-4-6-12)24-18(30)13(21)7-8-15(22)27/h2-6,11,13-14,17,26H,7-10,21H2,1H3,(H2,22,27)(H,23,32)(H,24,30)(H,25,31)(H,28,29). The summed E-state index contributed by atoms with van der Waals surface area (Å²) < 4.78 is 0. The van der Waals surface area contributed by atoms with Gasteiger partial charge in [-0.25, -0.2) is 0 Å². The van der Waals surface area contributed by atoms with E-state index in [1.807, 2.05) is 0 Å². The highest BCUT2D eigenvalue weighted by Crippen LogP contribution is 2.06. The highest BCUT2D eigenvalue weighted by molar-refractivity contribution is 5.94. The molecule has 0 aliphatic heterocycles. The molecule has 4 unspecified atom stereocenters. The number of amides is 4. The molecule has 0 fully saturated rings. The molecule has 0 spiro atoms. The van der Waals surface area contributed by atoms with E-state index in [-0.39, 0.29) is 19.3 Å². The molecule has 4 amide bonds. The second kappa shape index (κ2) is 13.0. The van der Waals surface area contributed by atoms with Gasteiger partial charge in [-0.2, -0.15) is 0 Å². The van der Waals surface area contributed by atoms with Gasteiger partial charge in [0.1, 0.15) is 18.6 Å². The summed E-state index contributed by atoms with van der Waals surface area (Å²) in [6.45, 7) is 0.548. The molecule has 0 aromatic heterocycles. The Bertz CT molecular complexity index is 816. The Labute approximate surface area is 184 Å². The number of carbonyl (C=O) groups excluding carboxylic acids is 4. The van der Waals surface area contributed by atoms with Crippen LogP contribution in [0.25, 0.3) is 0 Å². The number of benzene rings is 1. The van der Waals surface area contributed by atoms with Crippen molar-refractivity contribution >= 4 is 29.6 Å². The lowest BCUT2D eigenvalue weighted by molar-refractivity contribution is -0.139. The number of hydrogen-bond donors (Lipinski definition) is 7. The zero-order chi connectivity index (χ0) is 24.3. The number of carboxylic acids is 1. The number of carboxylic acid groups (broad SMARTS) is 1. The maximum atomic E-state index is 12.9. The molecule has 12 nitrogen and oxygen atoms in total. The van der Waals surface area contributed by atoms with Crippen LogP contribution in [-0.4, -0.2) is 70.6 Å². The molecule has 0 aliphatic rings. The number of hydrogen-bond acceptors (Lipinski definition) is 7. The summed E-state index contributed by atoms with van der Waals surface area (Å²) in [5, 5.41) is 25.5. The molecule has 0 saturated heterocycles. The zero-order valence-electron chi connectivity index (χ0n) is 17.6. The zero-order valence-corrected chi connectivity index (χ0v) is 17.6. The van der Waals surface area contributed by atoms with E-state index in [0.717, 1.165) is 0 Å². The van der Waals surface area contributed by atoms with Crippen LogP contribution in [0.15, 0.2) is 30.3 Å². The number of nitrogens with two attached hydrogens (primary N) is 2. The van der Waals surface area contributed by atoms with Crippen molar-refractivity contribution in [2.45, 2.75) is 50.4 Å². The van der Waals surface area contributed by atoms with Gasteiger partial charge >= 0.3 is 5.97 Å². The van der Waals surface area contributed by atoms with Crippen molar-refractivity contribution in [3.63, 3.8) is 0 Å². The topological polar surface area (TPSA) is 214 Å². The van der Waals surface area contributed by atoms with Gasteiger partial charge in [-0.3, -0.25) is 24.0 Å². The first-order valence-corrected chi connectivity index (χ1v) is 9.87. The van der Waals surface area contributed by atoms with Gasteiger partial charge in [0.25, 0.3) is 0 Å². The first kappa shape index (κ1) is 26.5. The van der Waals surface area contributed by atoms with Gasteiger partial charge in [0.15, 0.2) is 0 Å². The molecule has 12 heteroatoms. The summed E-state index contributed by atoms with van der Waals surface area (Å²) in [6.07, 6.45) is -1.43. The number of aliphatic hydroxyl groups is 1. The molecule has 9 N–H and O–H groups in total. The first-order valence-electron chi connectivity index (χ1n) is 9.87. The maximum absolute atomic E-state index is 12.9. The van der Waals surface area contributed by atoms with E-state index < -0.39 is 60.4 Å². The van der Waals surface area contributed by atoms with E-state index in [9.17, 15) is 29.1 Å². The van der Waals surface area contributed by atoms with Crippen LogP contribution >= 0.6 is 0 Å². The Kier molecular flexibility index (Phi) is 10.8. The third kappa shape index (κ3) is 9.53. The van der Waals surface area contributed by atoms with Gasteiger partial charge < -0.3 is 37.6 Å². The fraction of sp³-hybridized carbons (Fsp3) is 0.450. The van der Waals surface area contributed by atoms with E-state index in [1.165, 1.54) is 6.92 Å². The summed E-state index contributed by atoms with van der Waals surface area (Å²) in [7, 11) is 0. The molecule has 0 heterocycles. The normalized spacial score (nSPS) is 14.3. The van der Waals surface area contributed by atoms with Crippen LogP contribution in [0, 0.1) is 0 Å². The lowest BCUT2D eigenvalue weighted by Crippen LogP contribution is -2.59. The predicted octanol–water partition coefficient (Wildman–Crippen LogP) is -2.63. The van der Waals surface area contributed by atoms with E-state index >= 15 is 0 Å². The SMILES string of the molecule is CC(O)C(NC(=O)C(Cc1ccccc1)NC(=O)C(N)CCC(N)=O)C(=O)NCC(=O)O. The molecule has 1 aromatic carbocycles. The molecule has 0 saturated carbocycles. The minimum absolute atomic E-state index is 0.0191. The largest absolute Gasteiger partial charge is 0.480 e. The number of primary amides is 1. The predicted molar refractivity (Wildman–Crippen MR) is 113 cm³/mol. The number of rotatable bonds is 13. The summed E-state index contributed by atoms with van der Waals surface area (Å²) in [5.41, 5.74) is 11.5. The minimum atomic E-state index is -1.46. The van der Waals surface area contributed by atoms with Crippen molar-refractivity contribution in [1.29, 1.82) is 0 Å². The third-order valence-electron chi connectivity index (χ3n) is 4.43. The Hall–Kier alpha value is -3.51. The lowest BCUT2D eigenvalue weighted by atomic mass is 10.0. The van der Waals surface area contributed by atoms with Crippen molar-refractivity contribution in [2.24, 2.45) is 11.5 Å².